The molecular formula is C6H7NO3S. The van der Waals surface area contributed by atoms with Gasteiger partial charge in [0.1, 0.15) is 6.26 Å². The molecule has 0 saturated carbocycles. The first-order chi connectivity index (χ1) is 5.27. The Morgan fingerprint density at radius 3 is 3.09 bits per heavy atom. The van der Waals surface area contributed by atoms with Gasteiger partial charge in [0.05, 0.1) is 12.9 Å². The van der Waals surface area contributed by atoms with Crippen LogP contribution in [0, 0.1) is 0 Å². The maximum atomic E-state index is 10.8. The molecule has 1 heterocycles. The summed E-state index contributed by atoms with van der Waals surface area (Å²) in [4.78, 5) is 14.6. The van der Waals surface area contributed by atoms with Crippen LogP contribution in [0.4, 0.5) is 0 Å². The lowest BCUT2D eigenvalue weighted by atomic mass is 10.5. The Bertz CT molecular complexity index is 258. The molecular weight excluding hydrogens is 166 g/mol. The number of aromatic nitrogens is 1. The molecule has 1 aromatic heterocycles. The van der Waals surface area contributed by atoms with Crippen LogP contribution < -0.4 is 0 Å². The minimum Gasteiger partial charge on any atom is -0.464 e. The monoisotopic (exact) mass is 173 g/mol. The Morgan fingerprint density at radius 1 is 1.91 bits per heavy atom. The van der Waals surface area contributed by atoms with Crippen molar-refractivity contribution in [2.75, 3.05) is 7.11 Å². The SMILES string of the molecule is COC(=O)c1coc(CS)n1. The molecule has 60 valence electrons. The lowest BCUT2D eigenvalue weighted by Gasteiger charge is -1.89. The van der Waals surface area contributed by atoms with Crippen LogP contribution in [0.3, 0.4) is 0 Å². The minimum absolute atomic E-state index is 0.177. The second-order valence-corrected chi connectivity index (χ2v) is 2.09. The van der Waals surface area contributed by atoms with Gasteiger partial charge in [-0.1, -0.05) is 0 Å². The smallest absolute Gasteiger partial charge is 0.360 e. The first-order valence-corrected chi connectivity index (χ1v) is 3.54. The fourth-order valence-electron chi connectivity index (χ4n) is 0.582. The molecule has 0 aliphatic rings. The number of carbonyl (C=O) groups excluding carboxylic acids is 1. The predicted molar refractivity (Wildman–Crippen MR) is 40.5 cm³/mol. The highest BCUT2D eigenvalue weighted by atomic mass is 32.1. The van der Waals surface area contributed by atoms with E-state index in [4.69, 9.17) is 4.42 Å². The lowest BCUT2D eigenvalue weighted by molar-refractivity contribution is 0.0594. The Hall–Kier alpha value is -0.970. The molecule has 0 aromatic carbocycles. The van der Waals surface area contributed by atoms with Gasteiger partial charge in [0.15, 0.2) is 5.69 Å². The zero-order valence-corrected chi connectivity index (χ0v) is 6.80. The van der Waals surface area contributed by atoms with Crippen LogP contribution in [-0.4, -0.2) is 18.1 Å². The third kappa shape index (κ3) is 1.74. The number of hydrogen-bond donors (Lipinski definition) is 1. The summed E-state index contributed by atoms with van der Waals surface area (Å²) in [5.41, 5.74) is 0.177. The summed E-state index contributed by atoms with van der Waals surface area (Å²) in [5, 5.41) is 0. The number of thiol groups is 1. The molecule has 0 bridgehead atoms. The molecule has 0 fully saturated rings. The molecule has 5 heteroatoms. The van der Waals surface area contributed by atoms with E-state index in [1.165, 1.54) is 13.4 Å². The summed E-state index contributed by atoms with van der Waals surface area (Å²) in [6.45, 7) is 0. The van der Waals surface area contributed by atoms with Gasteiger partial charge in [0.2, 0.25) is 5.89 Å². The number of carbonyl (C=O) groups is 1. The van der Waals surface area contributed by atoms with Crippen molar-refractivity contribution in [3.63, 3.8) is 0 Å². The van der Waals surface area contributed by atoms with Gasteiger partial charge in [-0.05, 0) is 0 Å². The van der Waals surface area contributed by atoms with Gasteiger partial charge in [0.25, 0.3) is 0 Å². The van der Waals surface area contributed by atoms with E-state index in [0.29, 0.717) is 11.6 Å². The lowest BCUT2D eigenvalue weighted by Crippen LogP contribution is -2.01. The minimum atomic E-state index is -0.498. The summed E-state index contributed by atoms with van der Waals surface area (Å²) in [6, 6.07) is 0. The maximum Gasteiger partial charge on any atom is 0.360 e. The first-order valence-electron chi connectivity index (χ1n) is 2.91. The number of rotatable bonds is 2. The molecule has 0 aliphatic carbocycles. The largest absolute Gasteiger partial charge is 0.464 e. The molecule has 0 amide bonds. The average Bonchev–Trinajstić information content (AvgIpc) is 2.50. The quantitative estimate of drug-likeness (QED) is 0.533. The third-order valence-electron chi connectivity index (χ3n) is 1.08. The normalized spacial score (nSPS) is 9.64. The molecule has 0 unspecified atom stereocenters. The van der Waals surface area contributed by atoms with Gasteiger partial charge >= 0.3 is 5.97 Å². The second-order valence-electron chi connectivity index (χ2n) is 1.78. The summed E-state index contributed by atoms with van der Waals surface area (Å²) in [6.07, 6.45) is 1.25. The average molecular weight is 173 g/mol. The van der Waals surface area contributed by atoms with Crippen LogP contribution in [0.5, 0.6) is 0 Å². The van der Waals surface area contributed by atoms with Crippen LogP contribution in [0.25, 0.3) is 0 Å². The highest BCUT2D eigenvalue weighted by molar-refractivity contribution is 7.79. The van der Waals surface area contributed by atoms with Gasteiger partial charge in [-0.2, -0.15) is 12.6 Å². The summed E-state index contributed by atoms with van der Waals surface area (Å²) in [5.74, 6) is 0.285. The van der Waals surface area contributed by atoms with Crippen molar-refractivity contribution in [3.05, 3.63) is 17.8 Å². The third-order valence-corrected chi connectivity index (χ3v) is 1.35. The Balaban J connectivity index is 2.80. The number of hydrogen-bond acceptors (Lipinski definition) is 5. The molecule has 4 nitrogen and oxygen atoms in total. The van der Waals surface area contributed by atoms with Gasteiger partial charge < -0.3 is 9.15 Å². The van der Waals surface area contributed by atoms with Crippen molar-refractivity contribution in [1.82, 2.24) is 4.98 Å². The summed E-state index contributed by atoms with van der Waals surface area (Å²) < 4.78 is 9.26. The zero-order chi connectivity index (χ0) is 8.27. The van der Waals surface area contributed by atoms with Crippen LogP contribution in [0.15, 0.2) is 10.7 Å². The molecule has 0 saturated heterocycles. The van der Waals surface area contributed by atoms with E-state index in [9.17, 15) is 4.79 Å². The van der Waals surface area contributed by atoms with Crippen molar-refractivity contribution >= 4 is 18.6 Å². The van der Waals surface area contributed by atoms with E-state index in [0.717, 1.165) is 0 Å². The first kappa shape index (κ1) is 8.13. The van der Waals surface area contributed by atoms with E-state index < -0.39 is 5.97 Å². The second kappa shape index (κ2) is 3.43. The molecule has 0 aliphatic heterocycles. The van der Waals surface area contributed by atoms with Gasteiger partial charge in [-0.25, -0.2) is 9.78 Å². The maximum absolute atomic E-state index is 10.8. The molecule has 11 heavy (non-hydrogen) atoms. The van der Waals surface area contributed by atoms with E-state index in [-0.39, 0.29) is 5.69 Å². The van der Waals surface area contributed by atoms with E-state index in [2.05, 4.69) is 22.3 Å². The number of nitrogens with zero attached hydrogens (tertiary/aromatic N) is 1. The number of ether oxygens (including phenoxy) is 1. The fraction of sp³-hybridized carbons (Fsp3) is 0.333. The molecule has 0 radical (unpaired) electrons. The Kier molecular flexibility index (Phi) is 2.53. The highest BCUT2D eigenvalue weighted by Gasteiger charge is 2.10. The van der Waals surface area contributed by atoms with Crippen LogP contribution in [0.2, 0.25) is 0 Å². The predicted octanol–water partition coefficient (Wildman–Crippen LogP) is 0.891. The van der Waals surface area contributed by atoms with Gasteiger partial charge in [-0.15, -0.1) is 0 Å². The van der Waals surface area contributed by atoms with Crippen LogP contribution in [0.1, 0.15) is 16.4 Å². The standard InChI is InChI=1S/C6H7NO3S/c1-9-6(8)4-2-10-5(3-11)7-4/h2,11H,3H2,1H3. The van der Waals surface area contributed by atoms with Crippen LogP contribution >= 0.6 is 12.6 Å². The van der Waals surface area contributed by atoms with Gasteiger partial charge in [0, 0.05) is 0 Å². The molecule has 0 N–H and O–H groups in total. The zero-order valence-electron chi connectivity index (χ0n) is 5.90. The van der Waals surface area contributed by atoms with Crippen LogP contribution in [-0.2, 0) is 10.5 Å². The van der Waals surface area contributed by atoms with Crippen molar-refractivity contribution in [2.24, 2.45) is 0 Å². The molecule has 0 spiro atoms. The number of methoxy groups -OCH3 is 1. The Morgan fingerprint density at radius 2 is 2.64 bits per heavy atom. The topological polar surface area (TPSA) is 52.3 Å². The summed E-state index contributed by atoms with van der Waals surface area (Å²) >= 11 is 3.91. The summed E-state index contributed by atoms with van der Waals surface area (Å²) in [7, 11) is 1.29. The number of oxazole rings is 1. The van der Waals surface area contributed by atoms with Crippen molar-refractivity contribution in [2.45, 2.75) is 5.75 Å². The molecule has 0 atom stereocenters. The molecule has 1 rings (SSSR count). The van der Waals surface area contributed by atoms with E-state index in [1.54, 1.807) is 0 Å². The molecule has 1 aromatic rings. The van der Waals surface area contributed by atoms with Crippen molar-refractivity contribution < 1.29 is 13.9 Å². The van der Waals surface area contributed by atoms with E-state index >= 15 is 0 Å². The van der Waals surface area contributed by atoms with Crippen molar-refractivity contribution in [1.29, 1.82) is 0 Å². The number of esters is 1. The highest BCUT2D eigenvalue weighted by Crippen LogP contribution is 2.04. The Labute approximate surface area is 69.0 Å². The van der Waals surface area contributed by atoms with Crippen molar-refractivity contribution in [3.8, 4) is 0 Å². The van der Waals surface area contributed by atoms with Gasteiger partial charge in [-0.3, -0.25) is 0 Å². The fourth-order valence-corrected chi connectivity index (χ4v) is 0.727. The van der Waals surface area contributed by atoms with E-state index in [1.807, 2.05) is 0 Å².